The molecule has 0 bridgehead atoms. The third-order valence-corrected chi connectivity index (χ3v) is 7.81. The molecule has 0 radical (unpaired) electrons. The van der Waals surface area contributed by atoms with Crippen LogP contribution in [0.25, 0.3) is 5.57 Å². The van der Waals surface area contributed by atoms with E-state index >= 15 is 0 Å². The van der Waals surface area contributed by atoms with E-state index in [0.717, 1.165) is 54.5 Å². The molecule has 0 heterocycles. The second kappa shape index (κ2) is 27.7. The molecule has 2 aromatic rings. The van der Waals surface area contributed by atoms with Gasteiger partial charge in [-0.2, -0.15) is 0 Å². The van der Waals surface area contributed by atoms with Crippen LogP contribution in [0, 0.1) is 13.8 Å². The van der Waals surface area contributed by atoms with Gasteiger partial charge in [0.25, 0.3) is 0 Å². The lowest BCUT2D eigenvalue weighted by atomic mass is 10.0. The van der Waals surface area contributed by atoms with E-state index in [1.54, 1.807) is 6.92 Å². The Balaban J connectivity index is 0. The van der Waals surface area contributed by atoms with Crippen LogP contribution < -0.4 is 5.32 Å². The first-order chi connectivity index (χ1) is 22.1. The zero-order valence-corrected chi connectivity index (χ0v) is 32.2. The van der Waals surface area contributed by atoms with Crippen LogP contribution in [0.2, 0.25) is 0 Å². The first-order valence-corrected chi connectivity index (χ1v) is 17.6. The highest BCUT2D eigenvalue weighted by Crippen LogP contribution is 2.21. The average Bonchev–Trinajstić information content (AvgIpc) is 3.03. The average molecular weight is 647 g/mol. The zero-order chi connectivity index (χ0) is 36.4. The van der Waals surface area contributed by atoms with Crippen molar-refractivity contribution in [3.05, 3.63) is 107 Å². The van der Waals surface area contributed by atoms with E-state index < -0.39 is 0 Å². The van der Waals surface area contributed by atoms with Gasteiger partial charge >= 0.3 is 0 Å². The van der Waals surface area contributed by atoms with Crippen molar-refractivity contribution < 1.29 is 9.90 Å². The normalized spacial score (nSPS) is 11.0. The fraction of sp³-hybridized carbons (Fsp3) is 0.512. The maximum Gasteiger partial charge on any atom is 0.129 e. The Morgan fingerprint density at radius 1 is 0.894 bits per heavy atom. The number of carbonyl (C=O) groups excluding carboxylic acids is 1. The van der Waals surface area contributed by atoms with Crippen molar-refractivity contribution in [2.24, 2.45) is 0 Å². The van der Waals surface area contributed by atoms with Crippen LogP contribution >= 0.6 is 0 Å². The number of ketones is 1. The van der Waals surface area contributed by atoms with E-state index in [9.17, 15) is 9.90 Å². The van der Waals surface area contributed by atoms with Gasteiger partial charge in [0.2, 0.25) is 0 Å². The molecule has 0 spiro atoms. The highest BCUT2D eigenvalue weighted by atomic mass is 16.3. The van der Waals surface area contributed by atoms with E-state index in [4.69, 9.17) is 0 Å². The second-order valence-electron chi connectivity index (χ2n) is 12.7. The van der Waals surface area contributed by atoms with Gasteiger partial charge in [-0.15, -0.1) is 6.58 Å². The molecule has 0 aromatic heterocycles. The Bertz CT molecular complexity index is 1200. The van der Waals surface area contributed by atoms with Gasteiger partial charge in [0.05, 0.1) is 0 Å². The minimum absolute atomic E-state index is 0.260. The molecule has 4 nitrogen and oxygen atoms in total. The molecule has 0 aliphatic heterocycles. The molecule has 2 N–H and O–H groups in total. The summed E-state index contributed by atoms with van der Waals surface area (Å²) in [6.07, 6.45) is 10.3. The lowest BCUT2D eigenvalue weighted by Gasteiger charge is -2.30. The number of Topliss-reactive ketones (excluding diaryl/α,β-unsaturated/α-hetero) is 1. The Morgan fingerprint density at radius 2 is 1.47 bits per heavy atom. The molecule has 2 aromatic carbocycles. The van der Waals surface area contributed by atoms with Gasteiger partial charge in [0.15, 0.2) is 0 Å². The third-order valence-electron chi connectivity index (χ3n) is 7.81. The van der Waals surface area contributed by atoms with E-state index in [2.05, 4.69) is 94.9 Å². The van der Waals surface area contributed by atoms with E-state index in [-0.39, 0.29) is 5.78 Å². The minimum Gasteiger partial charge on any atom is -0.507 e. The van der Waals surface area contributed by atoms with Crippen molar-refractivity contribution in [2.75, 3.05) is 20.1 Å². The van der Waals surface area contributed by atoms with Crippen molar-refractivity contribution in [3.8, 4) is 5.75 Å². The third kappa shape index (κ3) is 23.6. The number of hydrogen-bond acceptors (Lipinski definition) is 4. The minimum atomic E-state index is 0.260. The van der Waals surface area contributed by atoms with Crippen LogP contribution in [-0.4, -0.2) is 42.0 Å². The SMILES string of the molecule is C=C(/C=C(/C)CC)c1cccc(C)c1.C=C(C)CCC(CCC(C)=O)N(C)C(=C)C.CCCNCCC.CCc1cccc(C)c1O. The van der Waals surface area contributed by atoms with Crippen LogP contribution in [0.5, 0.6) is 5.75 Å². The van der Waals surface area contributed by atoms with Crippen LogP contribution in [0.15, 0.2) is 85.1 Å². The number of nitrogens with zero attached hydrogens (tertiary/aromatic N) is 1. The molecule has 0 saturated carbocycles. The quantitative estimate of drug-likeness (QED) is 0.108. The number of allylic oxidation sites excluding steroid dienone is 5. The first-order valence-electron chi connectivity index (χ1n) is 17.6. The second-order valence-corrected chi connectivity index (χ2v) is 12.7. The van der Waals surface area contributed by atoms with Gasteiger partial charge in [0.1, 0.15) is 11.5 Å². The van der Waals surface area contributed by atoms with Crippen molar-refractivity contribution in [1.29, 1.82) is 0 Å². The van der Waals surface area contributed by atoms with E-state index in [0.29, 0.717) is 18.2 Å². The van der Waals surface area contributed by atoms with Gasteiger partial charge in [-0.05, 0) is 122 Å². The maximum absolute atomic E-state index is 11.0. The molecular formula is C43H70N2O2. The Morgan fingerprint density at radius 3 is 1.91 bits per heavy atom. The molecule has 0 fully saturated rings. The summed E-state index contributed by atoms with van der Waals surface area (Å²) in [6.45, 7) is 34.7. The fourth-order valence-corrected chi connectivity index (χ4v) is 4.44. The number of aryl methyl sites for hydroxylation is 3. The number of aromatic hydroxyl groups is 1. The van der Waals surface area contributed by atoms with Gasteiger partial charge in [0, 0.05) is 25.2 Å². The summed E-state index contributed by atoms with van der Waals surface area (Å²) < 4.78 is 0. The summed E-state index contributed by atoms with van der Waals surface area (Å²) in [7, 11) is 2.05. The van der Waals surface area contributed by atoms with Crippen LogP contribution in [0.3, 0.4) is 0 Å². The molecule has 4 heteroatoms. The molecule has 47 heavy (non-hydrogen) atoms. The largest absolute Gasteiger partial charge is 0.507 e. The van der Waals surface area contributed by atoms with E-state index in [1.165, 1.54) is 48.2 Å². The number of hydrogen-bond donors (Lipinski definition) is 2. The maximum atomic E-state index is 11.0. The lowest BCUT2D eigenvalue weighted by Crippen LogP contribution is -2.30. The summed E-state index contributed by atoms with van der Waals surface area (Å²) in [4.78, 5) is 13.2. The number of carbonyl (C=O) groups is 1. The Kier molecular flexibility index (Phi) is 27.0. The van der Waals surface area contributed by atoms with Gasteiger partial charge < -0.3 is 20.1 Å². The van der Waals surface area contributed by atoms with Crippen molar-refractivity contribution in [3.63, 3.8) is 0 Å². The zero-order valence-electron chi connectivity index (χ0n) is 32.2. The summed E-state index contributed by atoms with van der Waals surface area (Å²) in [6, 6.07) is 14.7. The lowest BCUT2D eigenvalue weighted by molar-refractivity contribution is -0.117. The van der Waals surface area contributed by atoms with Crippen molar-refractivity contribution in [1.82, 2.24) is 10.2 Å². The van der Waals surface area contributed by atoms with Crippen LogP contribution in [0.1, 0.15) is 123 Å². The smallest absolute Gasteiger partial charge is 0.129 e. The molecule has 0 amide bonds. The summed E-state index contributed by atoms with van der Waals surface area (Å²) in [5, 5.41) is 12.7. The first kappa shape index (κ1) is 45.8. The number of para-hydroxylation sites is 1. The number of phenolic OH excluding ortho intramolecular Hbond substituents is 1. The van der Waals surface area contributed by atoms with Crippen molar-refractivity contribution in [2.45, 2.75) is 127 Å². The number of nitrogens with one attached hydrogen (secondary N) is 1. The fourth-order valence-electron chi connectivity index (χ4n) is 4.44. The topological polar surface area (TPSA) is 52.6 Å². The van der Waals surface area contributed by atoms with Crippen molar-refractivity contribution >= 4 is 11.4 Å². The number of phenols is 1. The predicted octanol–water partition coefficient (Wildman–Crippen LogP) is 11.6. The molecule has 0 aliphatic rings. The summed E-state index contributed by atoms with van der Waals surface area (Å²) in [5.41, 5.74) is 9.21. The van der Waals surface area contributed by atoms with Gasteiger partial charge in [-0.1, -0.05) is 106 Å². The van der Waals surface area contributed by atoms with Gasteiger partial charge in [-0.25, -0.2) is 0 Å². The standard InChI is InChI=1S/C14H25NO.C14H18.C9H12O.C6H15N/c1-11(2)7-9-14(10-8-13(5)16)15(6)12(3)4;1-5-11(2)9-13(4)14-8-6-7-12(3)10-14;1-3-8-6-4-5-7(2)9(8)10;1-3-5-7-6-4-2/h14H,1,3,7-10H2,2,4-6H3;6-10H,4-5H2,1-3H3;4-6,10H,3H2,1-2H3;7H,3-6H2,1-2H3/b;11-9-;;. The predicted molar refractivity (Wildman–Crippen MR) is 210 cm³/mol. The van der Waals surface area contributed by atoms with Crippen LogP contribution in [-0.2, 0) is 11.2 Å². The monoisotopic (exact) mass is 647 g/mol. The summed E-state index contributed by atoms with van der Waals surface area (Å²) >= 11 is 0. The number of benzene rings is 2. The van der Waals surface area contributed by atoms with Gasteiger partial charge in [-0.3, -0.25) is 0 Å². The highest BCUT2D eigenvalue weighted by molar-refractivity contribution is 5.75. The highest BCUT2D eigenvalue weighted by Gasteiger charge is 2.14. The Labute approximate surface area is 290 Å². The molecular weight excluding hydrogens is 576 g/mol. The summed E-state index contributed by atoms with van der Waals surface area (Å²) in [5.74, 6) is 0.709. The molecule has 1 unspecified atom stereocenters. The number of rotatable bonds is 16. The molecule has 264 valence electrons. The molecule has 0 aliphatic carbocycles. The Hall–Kier alpha value is -3.37. The van der Waals surface area contributed by atoms with Crippen LogP contribution in [0.4, 0.5) is 0 Å². The van der Waals surface area contributed by atoms with E-state index in [1.807, 2.05) is 52.9 Å². The molecule has 0 saturated heterocycles. The molecule has 1 atom stereocenters. The molecule has 2 rings (SSSR count).